The molecule has 0 aromatic heterocycles. The highest BCUT2D eigenvalue weighted by molar-refractivity contribution is 7.99. The van der Waals surface area contributed by atoms with Crippen molar-refractivity contribution >= 4 is 25.3 Å². The molecular formula is C4H10OS2. The average Bonchev–Trinajstić information content (AvgIpc) is 1.27. The van der Waals surface area contributed by atoms with E-state index in [0.717, 1.165) is 0 Å². The molecule has 0 amide bonds. The fourth-order valence-corrected chi connectivity index (χ4v) is 0.915. The lowest BCUT2D eigenvalue weighted by Crippen LogP contribution is -2.03. The number of rotatable bonds is 2. The van der Waals surface area contributed by atoms with Crippen LogP contribution in [0, 0.1) is 0 Å². The van der Waals surface area contributed by atoms with E-state index in [1.807, 2.05) is 0 Å². The topological polar surface area (TPSA) is 20.2 Å². The lowest BCUT2D eigenvalue weighted by molar-refractivity contribution is 0.190. The summed E-state index contributed by atoms with van der Waals surface area (Å²) < 4.78 is 0.0139. The van der Waals surface area contributed by atoms with Gasteiger partial charge in [0.25, 0.3) is 0 Å². The van der Waals surface area contributed by atoms with Gasteiger partial charge in [-0.1, -0.05) is 0 Å². The zero-order valence-corrected chi connectivity index (χ0v) is 5.99. The molecule has 7 heavy (non-hydrogen) atoms. The van der Waals surface area contributed by atoms with Crippen LogP contribution in [0.25, 0.3) is 0 Å². The van der Waals surface area contributed by atoms with Crippen LogP contribution >= 0.6 is 25.3 Å². The molecule has 0 aliphatic heterocycles. The SMILES string of the molecule is CC(O)CC(S)S. The second kappa shape index (κ2) is 3.64. The normalized spacial score (nSPS) is 15.0. The summed E-state index contributed by atoms with van der Waals surface area (Å²) in [5.41, 5.74) is 0. The van der Waals surface area contributed by atoms with Gasteiger partial charge in [0.05, 0.1) is 6.10 Å². The van der Waals surface area contributed by atoms with Crippen LogP contribution in [-0.2, 0) is 0 Å². The second-order valence-electron chi connectivity index (χ2n) is 1.57. The molecule has 0 aromatic rings. The van der Waals surface area contributed by atoms with Crippen molar-refractivity contribution in [3.8, 4) is 0 Å². The van der Waals surface area contributed by atoms with Gasteiger partial charge in [-0.3, -0.25) is 0 Å². The maximum absolute atomic E-state index is 8.62. The van der Waals surface area contributed by atoms with Crippen molar-refractivity contribution in [3.63, 3.8) is 0 Å². The minimum atomic E-state index is -0.278. The molecule has 0 radical (unpaired) electrons. The van der Waals surface area contributed by atoms with Gasteiger partial charge in [-0.15, -0.1) is 0 Å². The number of hydrogen-bond acceptors (Lipinski definition) is 3. The zero-order chi connectivity index (χ0) is 5.86. The third-order valence-electron chi connectivity index (χ3n) is 0.552. The van der Waals surface area contributed by atoms with Crippen LogP contribution in [0.3, 0.4) is 0 Å². The highest BCUT2D eigenvalue weighted by Crippen LogP contribution is 2.07. The van der Waals surface area contributed by atoms with Crippen molar-refractivity contribution in [3.05, 3.63) is 0 Å². The predicted octanol–water partition coefficient (Wildman–Crippen LogP) is 0.943. The smallest absolute Gasteiger partial charge is 0.0530 e. The molecule has 0 heterocycles. The van der Waals surface area contributed by atoms with Crippen LogP contribution in [0.15, 0.2) is 0 Å². The van der Waals surface area contributed by atoms with Crippen LogP contribution in [0.1, 0.15) is 13.3 Å². The van der Waals surface area contributed by atoms with E-state index in [4.69, 9.17) is 5.11 Å². The Labute approximate surface area is 54.9 Å². The average molecular weight is 138 g/mol. The first-order valence-electron chi connectivity index (χ1n) is 2.17. The molecule has 0 aliphatic rings. The first-order chi connectivity index (χ1) is 3.13. The Hall–Kier alpha value is 0.660. The Morgan fingerprint density at radius 1 is 1.57 bits per heavy atom. The minimum absolute atomic E-state index is 0.0139. The summed E-state index contributed by atoms with van der Waals surface area (Å²) in [6, 6.07) is 0. The predicted molar refractivity (Wildman–Crippen MR) is 38.1 cm³/mol. The summed E-state index contributed by atoms with van der Waals surface area (Å²) in [5, 5.41) is 8.62. The third kappa shape index (κ3) is 6.66. The number of aliphatic hydroxyl groups is 1. The second-order valence-corrected chi connectivity index (χ2v) is 3.22. The van der Waals surface area contributed by atoms with Gasteiger partial charge in [0.2, 0.25) is 0 Å². The maximum Gasteiger partial charge on any atom is 0.0530 e. The van der Waals surface area contributed by atoms with E-state index in [0.29, 0.717) is 6.42 Å². The molecule has 0 saturated heterocycles. The summed E-state index contributed by atoms with van der Waals surface area (Å²) in [5.74, 6) is 0. The van der Waals surface area contributed by atoms with Crippen LogP contribution in [0.4, 0.5) is 0 Å². The van der Waals surface area contributed by atoms with Gasteiger partial charge in [-0.25, -0.2) is 0 Å². The summed E-state index contributed by atoms with van der Waals surface area (Å²) in [6.07, 6.45) is 0.367. The van der Waals surface area contributed by atoms with Crippen molar-refractivity contribution < 1.29 is 5.11 Å². The van der Waals surface area contributed by atoms with Crippen LogP contribution in [-0.4, -0.2) is 15.8 Å². The quantitative estimate of drug-likeness (QED) is 0.383. The fraction of sp³-hybridized carbons (Fsp3) is 1.00. The van der Waals surface area contributed by atoms with Gasteiger partial charge in [-0.2, -0.15) is 25.3 Å². The third-order valence-corrected chi connectivity index (χ3v) is 0.974. The molecular weight excluding hydrogens is 128 g/mol. The Balaban J connectivity index is 2.95. The van der Waals surface area contributed by atoms with E-state index in [2.05, 4.69) is 25.3 Å². The summed E-state index contributed by atoms with van der Waals surface area (Å²) in [4.78, 5) is 0. The van der Waals surface area contributed by atoms with Gasteiger partial charge in [0.1, 0.15) is 0 Å². The van der Waals surface area contributed by atoms with Crippen LogP contribution < -0.4 is 0 Å². The number of hydrogen-bond donors (Lipinski definition) is 3. The van der Waals surface area contributed by atoms with Gasteiger partial charge in [0.15, 0.2) is 0 Å². The molecule has 44 valence electrons. The largest absolute Gasteiger partial charge is 0.393 e. The van der Waals surface area contributed by atoms with E-state index >= 15 is 0 Å². The Morgan fingerprint density at radius 3 is 2.00 bits per heavy atom. The van der Waals surface area contributed by atoms with E-state index in [9.17, 15) is 0 Å². The van der Waals surface area contributed by atoms with Crippen molar-refractivity contribution in [2.75, 3.05) is 0 Å². The Morgan fingerprint density at radius 2 is 2.00 bits per heavy atom. The van der Waals surface area contributed by atoms with Gasteiger partial charge in [0, 0.05) is 4.58 Å². The van der Waals surface area contributed by atoms with E-state index in [1.54, 1.807) is 6.92 Å². The maximum atomic E-state index is 8.62. The summed E-state index contributed by atoms with van der Waals surface area (Å²) in [6.45, 7) is 1.72. The minimum Gasteiger partial charge on any atom is -0.393 e. The molecule has 1 unspecified atom stereocenters. The van der Waals surface area contributed by atoms with Crippen LogP contribution in [0.2, 0.25) is 0 Å². The van der Waals surface area contributed by atoms with Gasteiger partial charge >= 0.3 is 0 Å². The Bertz CT molecular complexity index is 39.0. The molecule has 3 heteroatoms. The molecule has 0 fully saturated rings. The standard InChI is InChI=1S/C4H10OS2/c1-3(5)2-4(6)7/h3-7H,2H2,1H3. The van der Waals surface area contributed by atoms with Crippen molar-refractivity contribution in [1.29, 1.82) is 0 Å². The molecule has 0 aliphatic carbocycles. The van der Waals surface area contributed by atoms with E-state index in [-0.39, 0.29) is 10.7 Å². The highest BCUT2D eigenvalue weighted by atomic mass is 32.2. The first-order valence-corrected chi connectivity index (χ1v) is 3.20. The molecule has 1 nitrogen and oxygen atoms in total. The van der Waals surface area contributed by atoms with E-state index < -0.39 is 0 Å². The molecule has 0 aromatic carbocycles. The van der Waals surface area contributed by atoms with Crippen LogP contribution in [0.5, 0.6) is 0 Å². The molecule has 1 atom stereocenters. The van der Waals surface area contributed by atoms with Crippen molar-refractivity contribution in [1.82, 2.24) is 0 Å². The van der Waals surface area contributed by atoms with Gasteiger partial charge < -0.3 is 5.11 Å². The first kappa shape index (κ1) is 7.66. The molecule has 0 saturated carbocycles. The zero-order valence-electron chi connectivity index (χ0n) is 4.20. The number of thiol groups is 2. The summed E-state index contributed by atoms with van der Waals surface area (Å²) >= 11 is 7.88. The highest BCUT2D eigenvalue weighted by Gasteiger charge is 1.98. The van der Waals surface area contributed by atoms with E-state index in [1.165, 1.54) is 0 Å². The molecule has 0 bridgehead atoms. The van der Waals surface area contributed by atoms with Crippen molar-refractivity contribution in [2.24, 2.45) is 0 Å². The van der Waals surface area contributed by atoms with Crippen molar-refractivity contribution in [2.45, 2.75) is 24.0 Å². The Kier molecular flexibility index (Phi) is 3.98. The summed E-state index contributed by atoms with van der Waals surface area (Å²) in [7, 11) is 0. The molecule has 0 spiro atoms. The fourth-order valence-electron chi connectivity index (χ4n) is 0.305. The molecule has 0 rings (SSSR count). The van der Waals surface area contributed by atoms with Gasteiger partial charge in [-0.05, 0) is 13.3 Å². The monoisotopic (exact) mass is 138 g/mol. The lowest BCUT2D eigenvalue weighted by atomic mass is 10.3. The lowest BCUT2D eigenvalue weighted by Gasteiger charge is -2.03. The number of aliphatic hydroxyl groups excluding tert-OH is 1. The molecule has 1 N–H and O–H groups in total.